The number of rotatable bonds is 7. The topological polar surface area (TPSA) is 72.2 Å². The highest BCUT2D eigenvalue weighted by Crippen LogP contribution is 2.29. The van der Waals surface area contributed by atoms with Crippen molar-refractivity contribution in [2.24, 2.45) is 5.73 Å². The van der Waals surface area contributed by atoms with Gasteiger partial charge < -0.3 is 5.73 Å². The van der Waals surface area contributed by atoms with E-state index in [2.05, 4.69) is 4.72 Å². The smallest absolute Gasteiger partial charge is 0.240 e. The van der Waals surface area contributed by atoms with Crippen molar-refractivity contribution in [2.45, 2.75) is 23.8 Å². The average Bonchev–Trinajstić information content (AvgIpc) is 2.70. The van der Waals surface area contributed by atoms with Crippen LogP contribution in [0.1, 0.15) is 28.7 Å². The number of benzene rings is 3. The maximum atomic E-state index is 12.7. The van der Waals surface area contributed by atoms with E-state index >= 15 is 0 Å². The van der Waals surface area contributed by atoms with Gasteiger partial charge in [-0.15, -0.1) is 0 Å². The fraction of sp³-hybridized carbons (Fsp3) is 0.182. The summed E-state index contributed by atoms with van der Waals surface area (Å²) in [6.07, 6.45) is 0. The fourth-order valence-corrected chi connectivity index (χ4v) is 4.12. The number of nitrogens with two attached hydrogens (primary N) is 1. The molecule has 0 saturated heterocycles. The first kappa shape index (κ1) is 19.3. The number of hydrogen-bond donors (Lipinski definition) is 2. The lowest BCUT2D eigenvalue weighted by Crippen LogP contribution is -2.33. The third kappa shape index (κ3) is 4.83. The SMILES string of the molecule is Cc1ccc(S(=O)(=O)NC[C@H](c2ccccc2)[C@H](N)c2ccccc2)cc1. The molecule has 0 aliphatic heterocycles. The van der Waals surface area contributed by atoms with Crippen molar-refractivity contribution in [3.63, 3.8) is 0 Å². The monoisotopic (exact) mass is 380 g/mol. The van der Waals surface area contributed by atoms with Crippen molar-refractivity contribution in [3.05, 3.63) is 102 Å². The second-order valence-corrected chi connectivity index (χ2v) is 8.39. The van der Waals surface area contributed by atoms with E-state index in [1.165, 1.54) is 0 Å². The van der Waals surface area contributed by atoms with E-state index in [-0.39, 0.29) is 23.4 Å². The van der Waals surface area contributed by atoms with E-state index in [0.717, 1.165) is 16.7 Å². The second kappa shape index (κ2) is 8.48. The van der Waals surface area contributed by atoms with Gasteiger partial charge in [-0.05, 0) is 30.2 Å². The first-order valence-corrected chi connectivity index (χ1v) is 10.4. The molecular formula is C22H24N2O2S. The summed E-state index contributed by atoms with van der Waals surface area (Å²) in [4.78, 5) is 0.258. The molecule has 0 heterocycles. The Morgan fingerprint density at radius 1 is 0.815 bits per heavy atom. The lowest BCUT2D eigenvalue weighted by atomic mass is 9.88. The van der Waals surface area contributed by atoms with Crippen LogP contribution in [-0.2, 0) is 10.0 Å². The molecule has 4 nitrogen and oxygen atoms in total. The minimum atomic E-state index is -3.60. The number of nitrogens with one attached hydrogen (secondary N) is 1. The lowest BCUT2D eigenvalue weighted by molar-refractivity contribution is 0.528. The molecule has 0 radical (unpaired) electrons. The molecule has 3 aromatic rings. The summed E-state index contributed by atoms with van der Waals surface area (Å²) in [6, 6.07) is 26.0. The first-order chi connectivity index (χ1) is 13.0. The van der Waals surface area contributed by atoms with Gasteiger partial charge in [-0.2, -0.15) is 0 Å². The Morgan fingerprint density at radius 3 is 1.89 bits per heavy atom. The van der Waals surface area contributed by atoms with Crippen LogP contribution in [0.2, 0.25) is 0 Å². The molecule has 3 rings (SSSR count). The first-order valence-electron chi connectivity index (χ1n) is 8.89. The maximum Gasteiger partial charge on any atom is 0.240 e. The van der Waals surface area contributed by atoms with Crippen LogP contribution in [-0.4, -0.2) is 15.0 Å². The van der Waals surface area contributed by atoms with Crippen molar-refractivity contribution in [1.82, 2.24) is 4.72 Å². The fourth-order valence-electron chi connectivity index (χ4n) is 3.06. The van der Waals surface area contributed by atoms with Gasteiger partial charge in [0.2, 0.25) is 10.0 Å². The highest BCUT2D eigenvalue weighted by Gasteiger charge is 2.24. The zero-order chi connectivity index (χ0) is 19.3. The van der Waals surface area contributed by atoms with Gasteiger partial charge in [-0.25, -0.2) is 13.1 Å². The molecule has 0 aliphatic rings. The summed E-state index contributed by atoms with van der Waals surface area (Å²) < 4.78 is 28.1. The zero-order valence-electron chi connectivity index (χ0n) is 15.2. The van der Waals surface area contributed by atoms with Crippen molar-refractivity contribution in [1.29, 1.82) is 0 Å². The quantitative estimate of drug-likeness (QED) is 0.656. The Bertz CT molecular complexity index is 956. The van der Waals surface area contributed by atoms with E-state index < -0.39 is 10.0 Å². The van der Waals surface area contributed by atoms with Gasteiger partial charge in [-0.1, -0.05) is 78.4 Å². The Morgan fingerprint density at radius 2 is 1.33 bits per heavy atom. The van der Waals surface area contributed by atoms with Gasteiger partial charge in [0.1, 0.15) is 0 Å². The average molecular weight is 381 g/mol. The van der Waals surface area contributed by atoms with E-state index in [1.807, 2.05) is 67.6 Å². The molecule has 0 fully saturated rings. The summed E-state index contributed by atoms with van der Waals surface area (Å²) in [5.41, 5.74) is 9.51. The summed E-state index contributed by atoms with van der Waals surface area (Å²) in [5.74, 6) is -0.186. The van der Waals surface area contributed by atoms with Gasteiger partial charge in [0.25, 0.3) is 0 Å². The number of hydrogen-bond acceptors (Lipinski definition) is 3. The van der Waals surface area contributed by atoms with Crippen LogP contribution in [0.15, 0.2) is 89.8 Å². The van der Waals surface area contributed by atoms with Gasteiger partial charge >= 0.3 is 0 Å². The minimum Gasteiger partial charge on any atom is -0.323 e. The molecule has 0 amide bonds. The molecule has 0 aromatic heterocycles. The van der Waals surface area contributed by atoms with Crippen LogP contribution < -0.4 is 10.5 Å². The Balaban J connectivity index is 1.85. The second-order valence-electron chi connectivity index (χ2n) is 6.62. The van der Waals surface area contributed by atoms with Crippen LogP contribution >= 0.6 is 0 Å². The van der Waals surface area contributed by atoms with Gasteiger partial charge in [0.05, 0.1) is 4.90 Å². The van der Waals surface area contributed by atoms with Crippen molar-refractivity contribution in [3.8, 4) is 0 Å². The van der Waals surface area contributed by atoms with Crippen LogP contribution in [0.4, 0.5) is 0 Å². The number of aryl methyl sites for hydroxylation is 1. The molecule has 0 bridgehead atoms. The standard InChI is InChI=1S/C22H24N2O2S/c1-17-12-14-20(15-13-17)27(25,26)24-16-21(18-8-4-2-5-9-18)22(23)19-10-6-3-7-11-19/h2-15,21-22,24H,16,23H2,1H3/t21-,22-/m1/s1. The predicted molar refractivity (Wildman–Crippen MR) is 109 cm³/mol. The molecule has 0 saturated carbocycles. The normalized spacial score (nSPS) is 13.9. The van der Waals surface area contributed by atoms with Gasteiger partial charge in [0, 0.05) is 18.5 Å². The van der Waals surface area contributed by atoms with Gasteiger partial charge in [-0.3, -0.25) is 0 Å². The molecule has 3 N–H and O–H groups in total. The highest BCUT2D eigenvalue weighted by atomic mass is 32.2. The van der Waals surface area contributed by atoms with Crippen molar-refractivity contribution in [2.75, 3.05) is 6.54 Å². The molecule has 5 heteroatoms. The molecule has 2 atom stereocenters. The van der Waals surface area contributed by atoms with Crippen LogP contribution in [0.3, 0.4) is 0 Å². The van der Waals surface area contributed by atoms with Crippen molar-refractivity contribution >= 4 is 10.0 Å². The molecule has 27 heavy (non-hydrogen) atoms. The van der Waals surface area contributed by atoms with Crippen LogP contribution in [0, 0.1) is 6.92 Å². The maximum absolute atomic E-state index is 12.7. The Hall–Kier alpha value is -2.47. The molecule has 3 aromatic carbocycles. The molecular weight excluding hydrogens is 356 g/mol. The molecule has 0 aliphatic carbocycles. The summed E-state index contributed by atoms with van der Waals surface area (Å²) >= 11 is 0. The summed E-state index contributed by atoms with van der Waals surface area (Å²) in [7, 11) is -3.60. The third-order valence-electron chi connectivity index (χ3n) is 4.67. The summed E-state index contributed by atoms with van der Waals surface area (Å²) in [5, 5.41) is 0. The zero-order valence-corrected chi connectivity index (χ0v) is 16.1. The molecule has 0 spiro atoms. The molecule has 0 unspecified atom stereocenters. The van der Waals surface area contributed by atoms with Gasteiger partial charge in [0.15, 0.2) is 0 Å². The highest BCUT2D eigenvalue weighted by molar-refractivity contribution is 7.89. The third-order valence-corrected chi connectivity index (χ3v) is 6.11. The van der Waals surface area contributed by atoms with E-state index in [9.17, 15) is 8.42 Å². The van der Waals surface area contributed by atoms with Crippen molar-refractivity contribution < 1.29 is 8.42 Å². The van der Waals surface area contributed by atoms with Crippen LogP contribution in [0.25, 0.3) is 0 Å². The Kier molecular flexibility index (Phi) is 6.06. The van der Waals surface area contributed by atoms with Crippen LogP contribution in [0.5, 0.6) is 0 Å². The largest absolute Gasteiger partial charge is 0.323 e. The minimum absolute atomic E-state index is 0.186. The van der Waals surface area contributed by atoms with E-state index in [4.69, 9.17) is 5.73 Å². The predicted octanol–water partition coefficient (Wildman–Crippen LogP) is 3.76. The summed E-state index contributed by atoms with van der Waals surface area (Å²) in [6.45, 7) is 2.14. The van der Waals surface area contributed by atoms with E-state index in [0.29, 0.717) is 0 Å². The lowest BCUT2D eigenvalue weighted by Gasteiger charge is -2.25. The molecule has 140 valence electrons. The van der Waals surface area contributed by atoms with E-state index in [1.54, 1.807) is 24.3 Å². The Labute approximate surface area is 161 Å². The number of sulfonamides is 1.